The average Bonchev–Trinajstić information content (AvgIpc) is 2.56. The van der Waals surface area contributed by atoms with E-state index in [2.05, 4.69) is 0 Å². The van der Waals surface area contributed by atoms with Crippen molar-refractivity contribution >= 4 is 39.1 Å². The number of nitrogens with zero attached hydrogens (tertiary/aromatic N) is 1. The van der Waals surface area contributed by atoms with Crippen LogP contribution in [0.2, 0.25) is 5.02 Å². The minimum atomic E-state index is -0.342. The molecule has 0 unspecified atom stereocenters. The zero-order chi connectivity index (χ0) is 12.4. The van der Waals surface area contributed by atoms with Crippen molar-refractivity contribution in [2.75, 3.05) is 6.61 Å². The van der Waals surface area contributed by atoms with Crippen LogP contribution in [0.4, 0.5) is 0 Å². The third kappa shape index (κ3) is 2.50. The Kier molecular flexibility index (Phi) is 3.49. The number of carbonyl (C=O) groups excluding carboxylic acids is 1. The van der Waals surface area contributed by atoms with E-state index in [0.29, 0.717) is 16.4 Å². The number of thiazole rings is 1. The second-order valence-corrected chi connectivity index (χ2v) is 4.88. The van der Waals surface area contributed by atoms with Crippen molar-refractivity contribution in [2.24, 2.45) is 0 Å². The molecule has 0 amide bonds. The molecule has 0 aliphatic carbocycles. The van der Waals surface area contributed by atoms with E-state index in [1.807, 2.05) is 6.07 Å². The molecule has 1 N–H and O–H groups in total. The highest BCUT2D eigenvalue weighted by Gasteiger charge is 2.10. The van der Waals surface area contributed by atoms with Gasteiger partial charge in [-0.05, 0) is 25.1 Å². The van der Waals surface area contributed by atoms with Gasteiger partial charge >= 0.3 is 5.97 Å². The number of fused-ring (bicyclic) bond motifs is 1. The molecule has 4 nitrogen and oxygen atoms in total. The van der Waals surface area contributed by atoms with Gasteiger partial charge in [0.25, 0.3) is 0 Å². The lowest BCUT2D eigenvalue weighted by molar-refractivity contribution is -0.143. The van der Waals surface area contributed by atoms with Crippen molar-refractivity contribution in [3.8, 4) is 0 Å². The normalized spacial score (nSPS) is 10.7. The first kappa shape index (κ1) is 12.1. The lowest BCUT2D eigenvalue weighted by Crippen LogP contribution is -2.20. The number of hydrogen-bond donors (Lipinski definition) is 1. The first-order valence-corrected chi connectivity index (χ1v) is 6.30. The van der Waals surface area contributed by atoms with Gasteiger partial charge in [0.2, 0.25) is 0 Å². The maximum absolute atomic E-state index is 11.4. The van der Waals surface area contributed by atoms with Gasteiger partial charge in [-0.15, -0.1) is 0 Å². The lowest BCUT2D eigenvalue weighted by atomic mass is 10.3. The van der Waals surface area contributed by atoms with Gasteiger partial charge in [-0.3, -0.25) is 10.2 Å². The fraction of sp³-hybridized carbons (Fsp3) is 0.273. The molecule has 0 aliphatic rings. The van der Waals surface area contributed by atoms with Gasteiger partial charge in [-0.1, -0.05) is 22.9 Å². The van der Waals surface area contributed by atoms with E-state index >= 15 is 0 Å². The zero-order valence-corrected chi connectivity index (χ0v) is 10.8. The number of esters is 1. The molecule has 1 heterocycles. The average molecular weight is 271 g/mol. The molecule has 1 aromatic carbocycles. The Morgan fingerprint density at radius 2 is 2.35 bits per heavy atom. The molecular weight excluding hydrogens is 260 g/mol. The van der Waals surface area contributed by atoms with Gasteiger partial charge < -0.3 is 9.30 Å². The number of rotatable bonds is 3. The van der Waals surface area contributed by atoms with Crippen molar-refractivity contribution in [1.29, 1.82) is 5.41 Å². The summed E-state index contributed by atoms with van der Waals surface area (Å²) in [5, 5.41) is 8.42. The smallest absolute Gasteiger partial charge is 0.326 e. The van der Waals surface area contributed by atoms with Crippen molar-refractivity contribution < 1.29 is 9.53 Å². The first-order valence-electron chi connectivity index (χ1n) is 5.11. The van der Waals surface area contributed by atoms with Crippen LogP contribution in [0.3, 0.4) is 0 Å². The lowest BCUT2D eigenvalue weighted by Gasteiger charge is -2.04. The summed E-state index contributed by atoms with van der Waals surface area (Å²) in [4.78, 5) is 11.8. The van der Waals surface area contributed by atoms with Crippen LogP contribution in [-0.4, -0.2) is 17.1 Å². The van der Waals surface area contributed by atoms with E-state index in [9.17, 15) is 4.79 Å². The molecule has 0 spiro atoms. The predicted molar refractivity (Wildman–Crippen MR) is 67.3 cm³/mol. The van der Waals surface area contributed by atoms with Crippen LogP contribution >= 0.6 is 22.9 Å². The number of carbonyl (C=O) groups is 1. The summed E-state index contributed by atoms with van der Waals surface area (Å²) in [7, 11) is 0. The predicted octanol–water partition coefficient (Wildman–Crippen LogP) is 2.40. The van der Waals surface area contributed by atoms with Gasteiger partial charge in [0, 0.05) is 5.02 Å². The Labute approximate surface area is 107 Å². The fourth-order valence-electron chi connectivity index (χ4n) is 1.55. The number of nitrogens with one attached hydrogen (secondary N) is 1. The van der Waals surface area contributed by atoms with Gasteiger partial charge in [-0.2, -0.15) is 0 Å². The molecular formula is C11H11ClN2O2S. The summed E-state index contributed by atoms with van der Waals surface area (Å²) in [6.45, 7) is 2.15. The Morgan fingerprint density at radius 3 is 3.06 bits per heavy atom. The maximum Gasteiger partial charge on any atom is 0.326 e. The summed E-state index contributed by atoms with van der Waals surface area (Å²) >= 11 is 7.22. The molecule has 0 fully saturated rings. The van der Waals surface area contributed by atoms with E-state index in [1.165, 1.54) is 11.3 Å². The number of aromatic nitrogens is 1. The number of halogens is 1. The van der Waals surface area contributed by atoms with E-state index in [0.717, 1.165) is 10.2 Å². The molecule has 17 heavy (non-hydrogen) atoms. The van der Waals surface area contributed by atoms with Crippen molar-refractivity contribution in [1.82, 2.24) is 4.57 Å². The largest absolute Gasteiger partial charge is 0.465 e. The highest BCUT2D eigenvalue weighted by molar-refractivity contribution is 7.16. The highest BCUT2D eigenvalue weighted by Crippen LogP contribution is 2.21. The number of ether oxygens (including phenoxy) is 1. The molecule has 0 radical (unpaired) electrons. The summed E-state index contributed by atoms with van der Waals surface area (Å²) in [5.74, 6) is -0.342. The summed E-state index contributed by atoms with van der Waals surface area (Å²) in [6, 6.07) is 5.38. The molecule has 0 atom stereocenters. The second-order valence-electron chi connectivity index (χ2n) is 3.41. The van der Waals surface area contributed by atoms with Crippen LogP contribution in [0.1, 0.15) is 6.92 Å². The summed E-state index contributed by atoms with van der Waals surface area (Å²) in [5.41, 5.74) is 0.792. The zero-order valence-electron chi connectivity index (χ0n) is 9.20. The Balaban J connectivity index is 2.45. The SMILES string of the molecule is CCOC(=O)Cn1c(=N)sc2ccc(Cl)cc21. The van der Waals surface area contributed by atoms with Crippen molar-refractivity contribution in [2.45, 2.75) is 13.5 Å². The third-order valence-corrected chi connectivity index (χ3v) is 3.47. The quantitative estimate of drug-likeness (QED) is 0.871. The Hall–Kier alpha value is -1.33. The van der Waals surface area contributed by atoms with Crippen LogP contribution in [0.5, 0.6) is 0 Å². The molecule has 0 bridgehead atoms. The molecule has 1 aromatic heterocycles. The van der Waals surface area contributed by atoms with Crippen molar-refractivity contribution in [3.63, 3.8) is 0 Å². The molecule has 2 aromatic rings. The van der Waals surface area contributed by atoms with Crippen LogP contribution in [0.25, 0.3) is 10.2 Å². The molecule has 90 valence electrons. The molecule has 2 rings (SSSR count). The van der Waals surface area contributed by atoms with E-state index in [4.69, 9.17) is 21.7 Å². The van der Waals surface area contributed by atoms with Gasteiger partial charge in [-0.25, -0.2) is 0 Å². The van der Waals surface area contributed by atoms with Gasteiger partial charge in [0.05, 0.1) is 16.8 Å². The molecule has 6 heteroatoms. The van der Waals surface area contributed by atoms with E-state index in [1.54, 1.807) is 23.6 Å². The van der Waals surface area contributed by atoms with E-state index in [-0.39, 0.29) is 12.5 Å². The highest BCUT2D eigenvalue weighted by atomic mass is 35.5. The minimum Gasteiger partial charge on any atom is -0.465 e. The maximum atomic E-state index is 11.4. The number of benzene rings is 1. The fourth-order valence-corrected chi connectivity index (χ4v) is 2.61. The molecule has 0 aliphatic heterocycles. The van der Waals surface area contributed by atoms with Crippen LogP contribution in [0.15, 0.2) is 18.2 Å². The minimum absolute atomic E-state index is 0.0486. The van der Waals surface area contributed by atoms with Crippen LogP contribution in [-0.2, 0) is 16.1 Å². The Bertz CT molecular complexity index is 617. The molecule has 0 saturated carbocycles. The van der Waals surface area contributed by atoms with Gasteiger partial charge in [0.1, 0.15) is 6.54 Å². The van der Waals surface area contributed by atoms with E-state index < -0.39 is 0 Å². The monoisotopic (exact) mass is 270 g/mol. The summed E-state index contributed by atoms with van der Waals surface area (Å²) in [6.07, 6.45) is 0. The standard InChI is InChI=1S/C11H11ClN2O2S/c1-2-16-10(15)6-14-8-5-7(12)3-4-9(8)17-11(14)13/h3-5,13H,2,6H2,1H3. The second kappa shape index (κ2) is 4.89. The Morgan fingerprint density at radius 1 is 1.59 bits per heavy atom. The third-order valence-electron chi connectivity index (χ3n) is 2.26. The van der Waals surface area contributed by atoms with Crippen LogP contribution < -0.4 is 4.80 Å². The van der Waals surface area contributed by atoms with Crippen LogP contribution in [0, 0.1) is 5.41 Å². The number of hydrogen-bond acceptors (Lipinski definition) is 4. The topological polar surface area (TPSA) is 55.1 Å². The summed E-state index contributed by atoms with van der Waals surface area (Å²) < 4.78 is 7.41. The first-order chi connectivity index (χ1) is 8.11. The molecule has 0 saturated heterocycles. The van der Waals surface area contributed by atoms with Crippen molar-refractivity contribution in [3.05, 3.63) is 28.0 Å². The van der Waals surface area contributed by atoms with Gasteiger partial charge in [0.15, 0.2) is 4.80 Å².